The molecule has 15 heavy (non-hydrogen) atoms. The Balaban J connectivity index is 2.28. The lowest BCUT2D eigenvalue weighted by Gasteiger charge is -1.99. The quantitative estimate of drug-likeness (QED) is 0.798. The topological polar surface area (TPSA) is 31.4 Å². The van der Waals surface area contributed by atoms with Crippen molar-refractivity contribution >= 4 is 11.3 Å². The second-order valence-electron chi connectivity index (χ2n) is 2.92. The van der Waals surface area contributed by atoms with Crippen LogP contribution in [-0.4, -0.2) is 19.2 Å². The van der Waals surface area contributed by atoms with Crippen molar-refractivity contribution in [3.8, 4) is 21.4 Å². The molecular weight excluding hydrogens is 210 g/mol. The zero-order valence-electron chi connectivity index (χ0n) is 8.56. The second-order valence-corrected chi connectivity index (χ2v) is 3.91. The van der Waals surface area contributed by atoms with Gasteiger partial charge in [0.1, 0.15) is 10.8 Å². The minimum Gasteiger partial charge on any atom is -0.497 e. The number of hydrogen-bond acceptors (Lipinski definition) is 4. The van der Waals surface area contributed by atoms with Gasteiger partial charge in [-0.25, -0.2) is 4.98 Å². The Hall–Kier alpha value is -1.55. The molecule has 0 spiro atoms. The molecule has 3 nitrogen and oxygen atoms in total. The molecule has 1 aromatic carbocycles. The average Bonchev–Trinajstić information content (AvgIpc) is 2.78. The maximum Gasteiger partial charge on any atom is 0.194 e. The third kappa shape index (κ3) is 2.10. The van der Waals surface area contributed by atoms with Crippen LogP contribution < -0.4 is 9.47 Å². The normalized spacial score (nSPS) is 10.0. The number of thiazole rings is 1. The number of aromatic nitrogens is 1. The van der Waals surface area contributed by atoms with Gasteiger partial charge >= 0.3 is 0 Å². The van der Waals surface area contributed by atoms with Gasteiger partial charge in [-0.3, -0.25) is 0 Å². The van der Waals surface area contributed by atoms with E-state index in [9.17, 15) is 0 Å². The fraction of sp³-hybridized carbons (Fsp3) is 0.182. The van der Waals surface area contributed by atoms with Gasteiger partial charge in [-0.15, -0.1) is 0 Å². The van der Waals surface area contributed by atoms with Crippen molar-refractivity contribution in [3.05, 3.63) is 30.5 Å². The van der Waals surface area contributed by atoms with Crippen LogP contribution in [0.15, 0.2) is 30.5 Å². The molecule has 0 saturated carbocycles. The molecule has 0 aliphatic rings. The molecule has 4 heteroatoms. The summed E-state index contributed by atoms with van der Waals surface area (Å²) in [5.74, 6) is 0.849. The first-order chi connectivity index (χ1) is 7.33. The molecule has 0 fully saturated rings. The van der Waals surface area contributed by atoms with Crippen molar-refractivity contribution in [3.63, 3.8) is 0 Å². The van der Waals surface area contributed by atoms with Crippen LogP contribution in [0, 0.1) is 0 Å². The molecule has 0 radical (unpaired) electrons. The Morgan fingerprint density at radius 2 is 1.80 bits per heavy atom. The van der Waals surface area contributed by atoms with Crippen molar-refractivity contribution in [2.75, 3.05) is 14.2 Å². The van der Waals surface area contributed by atoms with Crippen LogP contribution in [0.2, 0.25) is 0 Å². The summed E-state index contributed by atoms with van der Waals surface area (Å²) in [7, 11) is 3.30. The molecule has 2 aromatic rings. The van der Waals surface area contributed by atoms with Gasteiger partial charge in [0.25, 0.3) is 0 Å². The SMILES string of the molecule is COc1ccc(-c2ncc(OC)s2)cc1. The lowest BCUT2D eigenvalue weighted by atomic mass is 10.2. The van der Waals surface area contributed by atoms with Crippen LogP contribution in [0.1, 0.15) is 0 Å². The number of methoxy groups -OCH3 is 2. The molecule has 0 aliphatic heterocycles. The summed E-state index contributed by atoms with van der Waals surface area (Å²) < 4.78 is 10.2. The van der Waals surface area contributed by atoms with Gasteiger partial charge in [0, 0.05) is 5.56 Å². The van der Waals surface area contributed by atoms with Gasteiger partial charge < -0.3 is 9.47 Å². The second kappa shape index (κ2) is 4.31. The van der Waals surface area contributed by atoms with E-state index in [2.05, 4.69) is 4.98 Å². The van der Waals surface area contributed by atoms with Crippen LogP contribution in [-0.2, 0) is 0 Å². The zero-order chi connectivity index (χ0) is 10.7. The third-order valence-electron chi connectivity index (χ3n) is 2.02. The molecule has 0 atom stereocenters. The van der Waals surface area contributed by atoms with Crippen LogP contribution in [0.4, 0.5) is 0 Å². The standard InChI is InChI=1S/C11H11NO2S/c1-13-9-5-3-8(4-6-9)11-12-7-10(14-2)15-11/h3-7H,1-2H3. The van der Waals surface area contributed by atoms with E-state index >= 15 is 0 Å². The largest absolute Gasteiger partial charge is 0.497 e. The Morgan fingerprint density at radius 3 is 2.33 bits per heavy atom. The summed E-state index contributed by atoms with van der Waals surface area (Å²) in [4.78, 5) is 4.27. The highest BCUT2D eigenvalue weighted by Gasteiger charge is 2.04. The fourth-order valence-corrected chi connectivity index (χ4v) is 1.96. The summed E-state index contributed by atoms with van der Waals surface area (Å²) in [6.45, 7) is 0. The van der Waals surface area contributed by atoms with E-state index < -0.39 is 0 Å². The molecule has 1 aromatic heterocycles. The number of ether oxygens (including phenoxy) is 2. The van der Waals surface area contributed by atoms with Crippen molar-refractivity contribution in [2.45, 2.75) is 0 Å². The van der Waals surface area contributed by atoms with E-state index in [0.29, 0.717) is 0 Å². The summed E-state index contributed by atoms with van der Waals surface area (Å²) in [6, 6.07) is 7.81. The molecule has 0 saturated heterocycles. The van der Waals surface area contributed by atoms with Crippen molar-refractivity contribution in [1.82, 2.24) is 4.98 Å². The third-order valence-corrected chi connectivity index (χ3v) is 3.03. The first kappa shape index (κ1) is 9.98. The monoisotopic (exact) mass is 221 g/mol. The molecule has 0 aliphatic carbocycles. The smallest absolute Gasteiger partial charge is 0.194 e. The predicted octanol–water partition coefficient (Wildman–Crippen LogP) is 2.83. The van der Waals surface area contributed by atoms with Crippen LogP contribution in [0.5, 0.6) is 10.8 Å². The van der Waals surface area contributed by atoms with Crippen molar-refractivity contribution < 1.29 is 9.47 Å². The van der Waals surface area contributed by atoms with E-state index in [1.165, 1.54) is 11.3 Å². The number of nitrogens with zero attached hydrogens (tertiary/aromatic N) is 1. The summed E-state index contributed by atoms with van der Waals surface area (Å²) in [6.07, 6.45) is 1.73. The lowest BCUT2D eigenvalue weighted by Crippen LogP contribution is -1.81. The summed E-state index contributed by atoms with van der Waals surface area (Å²) in [5, 5.41) is 1.77. The molecule has 0 bridgehead atoms. The van der Waals surface area contributed by atoms with Gasteiger partial charge in [0.2, 0.25) is 0 Å². The molecule has 2 rings (SSSR count). The molecule has 0 amide bonds. The van der Waals surface area contributed by atoms with E-state index in [1.54, 1.807) is 20.4 Å². The minimum atomic E-state index is 0.820. The molecule has 78 valence electrons. The number of benzene rings is 1. The Labute approximate surface area is 92.3 Å². The van der Waals surface area contributed by atoms with Crippen molar-refractivity contribution in [1.29, 1.82) is 0 Å². The number of hydrogen-bond donors (Lipinski definition) is 0. The van der Waals surface area contributed by atoms with E-state index in [1.807, 2.05) is 24.3 Å². The van der Waals surface area contributed by atoms with Crippen LogP contribution in [0.3, 0.4) is 0 Å². The van der Waals surface area contributed by atoms with Gasteiger partial charge in [-0.05, 0) is 24.3 Å². The molecular formula is C11H11NO2S. The molecule has 1 heterocycles. The first-order valence-electron chi connectivity index (χ1n) is 4.47. The highest BCUT2D eigenvalue weighted by Crippen LogP contribution is 2.30. The van der Waals surface area contributed by atoms with E-state index in [4.69, 9.17) is 9.47 Å². The summed E-state index contributed by atoms with van der Waals surface area (Å²) >= 11 is 1.53. The van der Waals surface area contributed by atoms with Crippen LogP contribution in [0.25, 0.3) is 10.6 Å². The highest BCUT2D eigenvalue weighted by atomic mass is 32.1. The Kier molecular flexibility index (Phi) is 2.87. The average molecular weight is 221 g/mol. The minimum absolute atomic E-state index is 0.820. The molecule has 0 unspecified atom stereocenters. The predicted molar refractivity (Wildman–Crippen MR) is 60.7 cm³/mol. The van der Waals surface area contributed by atoms with Gasteiger partial charge in [-0.2, -0.15) is 0 Å². The van der Waals surface area contributed by atoms with Gasteiger partial charge in [-0.1, -0.05) is 11.3 Å². The first-order valence-corrected chi connectivity index (χ1v) is 5.29. The molecule has 0 N–H and O–H groups in total. The van der Waals surface area contributed by atoms with E-state index in [0.717, 1.165) is 21.4 Å². The van der Waals surface area contributed by atoms with E-state index in [-0.39, 0.29) is 0 Å². The fourth-order valence-electron chi connectivity index (χ4n) is 1.22. The van der Waals surface area contributed by atoms with Crippen molar-refractivity contribution in [2.24, 2.45) is 0 Å². The maximum atomic E-state index is 5.09. The zero-order valence-corrected chi connectivity index (χ0v) is 9.38. The highest BCUT2D eigenvalue weighted by molar-refractivity contribution is 7.16. The Morgan fingerprint density at radius 1 is 1.07 bits per heavy atom. The Bertz CT molecular complexity index is 436. The maximum absolute atomic E-state index is 5.09. The van der Waals surface area contributed by atoms with Crippen LogP contribution >= 0.6 is 11.3 Å². The summed E-state index contributed by atoms with van der Waals surface area (Å²) in [5.41, 5.74) is 1.07. The number of rotatable bonds is 3. The van der Waals surface area contributed by atoms with Gasteiger partial charge in [0.15, 0.2) is 5.06 Å². The van der Waals surface area contributed by atoms with Gasteiger partial charge in [0.05, 0.1) is 20.4 Å². The lowest BCUT2D eigenvalue weighted by molar-refractivity contribution is 0.415.